The van der Waals surface area contributed by atoms with Crippen molar-refractivity contribution in [1.29, 1.82) is 0 Å². The molecule has 8 heavy (non-hydrogen) atoms. The Morgan fingerprint density at radius 2 is 2.38 bits per heavy atom. The first-order chi connectivity index (χ1) is 3.43. The topological polar surface area (TPSA) is 32.3 Å². The molecule has 0 spiro atoms. The number of aliphatic hydroxyl groups excluding tert-OH is 1. The molecule has 0 aliphatic carbocycles. The minimum Gasteiger partial charge on any atom is -0.395 e. The molecule has 3 heteroatoms. The van der Waals surface area contributed by atoms with Crippen LogP contribution in [-0.2, 0) is 0 Å². The van der Waals surface area contributed by atoms with Gasteiger partial charge in [-0.05, 0) is 19.4 Å². The van der Waals surface area contributed by atoms with E-state index >= 15 is 0 Å². The molecule has 1 fully saturated rings. The molecule has 0 aromatic carbocycles. The molecule has 1 heterocycles. The normalized spacial score (nSPS) is 27.4. The highest BCUT2D eigenvalue weighted by Gasteiger charge is 2.10. The van der Waals surface area contributed by atoms with Crippen LogP contribution in [0, 0.1) is 0 Å². The van der Waals surface area contributed by atoms with Gasteiger partial charge in [0.1, 0.15) is 0 Å². The van der Waals surface area contributed by atoms with Crippen LogP contribution >= 0.6 is 0 Å². The van der Waals surface area contributed by atoms with Crippen molar-refractivity contribution in [1.82, 2.24) is 5.32 Å². The maximum Gasteiger partial charge on any atom is 0.0584 e. The van der Waals surface area contributed by atoms with Crippen molar-refractivity contribution in [3.8, 4) is 0 Å². The fraction of sp³-hybridized carbons (Fsp3) is 1.00. The molecule has 1 rings (SSSR count). The molecule has 1 saturated heterocycles. The lowest BCUT2D eigenvalue weighted by Gasteiger charge is -2.01. The summed E-state index contributed by atoms with van der Waals surface area (Å²) in [5.41, 5.74) is 0. The van der Waals surface area contributed by atoms with Crippen molar-refractivity contribution in [3.05, 3.63) is 0 Å². The van der Waals surface area contributed by atoms with Crippen LogP contribution in [0.1, 0.15) is 12.8 Å². The van der Waals surface area contributed by atoms with Gasteiger partial charge in [-0.3, -0.25) is 0 Å². The summed E-state index contributed by atoms with van der Waals surface area (Å²) in [4.78, 5) is 0. The molecule has 0 aromatic heterocycles. The predicted molar refractivity (Wildman–Crippen MR) is 33.9 cm³/mol. The van der Waals surface area contributed by atoms with Crippen molar-refractivity contribution in [2.45, 2.75) is 18.9 Å². The lowest BCUT2D eigenvalue weighted by molar-refractivity contribution is 0.255. The number of aliphatic hydroxyl groups is 1. The second-order valence-electron chi connectivity index (χ2n) is 1.98. The molecular weight excluding hydrogens is 101 g/mol. The lowest BCUT2D eigenvalue weighted by Crippen LogP contribution is -2.24. The van der Waals surface area contributed by atoms with E-state index in [9.17, 15) is 0 Å². The summed E-state index contributed by atoms with van der Waals surface area (Å²) in [7, 11) is 0. The number of rotatable bonds is 1. The highest BCUT2D eigenvalue weighted by molar-refractivity contribution is 5.75. The molecule has 3 radical (unpaired) electrons. The minimum atomic E-state index is 0. The van der Waals surface area contributed by atoms with Crippen LogP contribution in [0.5, 0.6) is 0 Å². The van der Waals surface area contributed by atoms with Gasteiger partial charge in [-0.2, -0.15) is 0 Å². The van der Waals surface area contributed by atoms with Crippen LogP contribution in [0.3, 0.4) is 0 Å². The summed E-state index contributed by atoms with van der Waals surface area (Å²) in [6.07, 6.45) is 2.38. The third-order valence-corrected chi connectivity index (χ3v) is 1.38. The zero-order valence-corrected chi connectivity index (χ0v) is 4.93. The SMILES string of the molecule is OC[C@@H]1CCCN1.[B]. The highest BCUT2D eigenvalue weighted by Crippen LogP contribution is 2.02. The standard InChI is InChI=1S/C5H11NO.B/c7-4-5-2-1-3-6-5;/h5-7H,1-4H2;/t5-;/m0./s1. The third kappa shape index (κ3) is 1.84. The van der Waals surface area contributed by atoms with Crippen LogP contribution in [0.25, 0.3) is 0 Å². The van der Waals surface area contributed by atoms with E-state index in [4.69, 9.17) is 5.11 Å². The molecule has 0 unspecified atom stereocenters. The van der Waals surface area contributed by atoms with E-state index in [1.54, 1.807) is 0 Å². The molecule has 0 saturated carbocycles. The molecule has 2 nitrogen and oxygen atoms in total. The molecule has 0 bridgehead atoms. The van der Waals surface area contributed by atoms with Crippen LogP contribution in [0.15, 0.2) is 0 Å². The van der Waals surface area contributed by atoms with E-state index in [-0.39, 0.29) is 8.41 Å². The molecular formula is C5H11BNO. The average Bonchev–Trinajstić information content (AvgIpc) is 2.14. The summed E-state index contributed by atoms with van der Waals surface area (Å²) in [5.74, 6) is 0. The molecule has 1 atom stereocenters. The fourth-order valence-corrected chi connectivity index (χ4v) is 0.913. The van der Waals surface area contributed by atoms with Crippen LogP contribution in [0.4, 0.5) is 0 Å². The largest absolute Gasteiger partial charge is 0.395 e. The van der Waals surface area contributed by atoms with Gasteiger partial charge in [0.25, 0.3) is 0 Å². The molecule has 0 aromatic rings. The third-order valence-electron chi connectivity index (χ3n) is 1.38. The minimum absolute atomic E-state index is 0. The molecule has 0 amide bonds. The van der Waals surface area contributed by atoms with E-state index < -0.39 is 0 Å². The van der Waals surface area contributed by atoms with Gasteiger partial charge in [-0.1, -0.05) is 0 Å². The van der Waals surface area contributed by atoms with Crippen molar-refractivity contribution in [2.24, 2.45) is 0 Å². The lowest BCUT2D eigenvalue weighted by atomic mass is 10.2. The van der Waals surface area contributed by atoms with E-state index in [1.165, 1.54) is 6.42 Å². The first kappa shape index (κ1) is 7.98. The molecule has 45 valence electrons. The number of hydrogen-bond donors (Lipinski definition) is 2. The van der Waals surface area contributed by atoms with Crippen molar-refractivity contribution >= 4 is 8.41 Å². The zero-order valence-electron chi connectivity index (χ0n) is 4.93. The zero-order chi connectivity index (χ0) is 5.11. The van der Waals surface area contributed by atoms with Gasteiger partial charge in [-0.25, -0.2) is 0 Å². The van der Waals surface area contributed by atoms with Crippen LogP contribution < -0.4 is 5.32 Å². The summed E-state index contributed by atoms with van der Waals surface area (Å²) in [5, 5.41) is 11.7. The smallest absolute Gasteiger partial charge is 0.0584 e. The Labute approximate surface area is 51.9 Å². The predicted octanol–water partition coefficient (Wildman–Crippen LogP) is -0.650. The van der Waals surface area contributed by atoms with Gasteiger partial charge in [0.15, 0.2) is 0 Å². The highest BCUT2D eigenvalue weighted by atomic mass is 16.3. The number of hydrogen-bond acceptors (Lipinski definition) is 2. The van der Waals surface area contributed by atoms with E-state index in [2.05, 4.69) is 5.32 Å². The van der Waals surface area contributed by atoms with E-state index in [0.717, 1.165) is 13.0 Å². The molecule has 1 aliphatic rings. The average molecular weight is 112 g/mol. The Kier molecular flexibility index (Phi) is 3.92. The van der Waals surface area contributed by atoms with Crippen LogP contribution in [-0.4, -0.2) is 32.7 Å². The maximum atomic E-state index is 8.50. The van der Waals surface area contributed by atoms with Gasteiger partial charge >= 0.3 is 0 Å². The van der Waals surface area contributed by atoms with Gasteiger partial charge < -0.3 is 10.4 Å². The van der Waals surface area contributed by atoms with E-state index in [0.29, 0.717) is 12.6 Å². The second kappa shape index (κ2) is 3.92. The molecule has 1 aliphatic heterocycles. The monoisotopic (exact) mass is 112 g/mol. The second-order valence-corrected chi connectivity index (χ2v) is 1.98. The van der Waals surface area contributed by atoms with Gasteiger partial charge in [-0.15, -0.1) is 0 Å². The summed E-state index contributed by atoms with van der Waals surface area (Å²) >= 11 is 0. The van der Waals surface area contributed by atoms with Crippen molar-refractivity contribution in [2.75, 3.05) is 13.2 Å². The van der Waals surface area contributed by atoms with Gasteiger partial charge in [0.05, 0.1) is 6.61 Å². The van der Waals surface area contributed by atoms with Crippen molar-refractivity contribution in [3.63, 3.8) is 0 Å². The van der Waals surface area contributed by atoms with Gasteiger partial charge in [0.2, 0.25) is 0 Å². The maximum absolute atomic E-state index is 8.50. The Hall–Kier alpha value is -0.0151. The first-order valence-electron chi connectivity index (χ1n) is 2.77. The van der Waals surface area contributed by atoms with Crippen molar-refractivity contribution < 1.29 is 5.11 Å². The quantitative estimate of drug-likeness (QED) is 0.442. The summed E-state index contributed by atoms with van der Waals surface area (Å²) in [6.45, 7) is 1.39. The number of nitrogens with one attached hydrogen (secondary N) is 1. The molecule has 2 N–H and O–H groups in total. The Bertz CT molecular complexity index is 54.4. The fourth-order valence-electron chi connectivity index (χ4n) is 0.913. The van der Waals surface area contributed by atoms with Gasteiger partial charge in [0, 0.05) is 14.5 Å². The summed E-state index contributed by atoms with van der Waals surface area (Å²) in [6, 6.07) is 0.403. The van der Waals surface area contributed by atoms with E-state index in [1.807, 2.05) is 0 Å². The Balaban J connectivity index is 0.000000490. The Morgan fingerprint density at radius 1 is 1.62 bits per heavy atom. The Morgan fingerprint density at radius 3 is 2.62 bits per heavy atom. The summed E-state index contributed by atoms with van der Waals surface area (Å²) < 4.78 is 0. The first-order valence-corrected chi connectivity index (χ1v) is 2.77. The van der Waals surface area contributed by atoms with Crippen LogP contribution in [0.2, 0.25) is 0 Å².